The van der Waals surface area contributed by atoms with Crippen LogP contribution in [0.4, 0.5) is 0 Å². The third kappa shape index (κ3) is 4.87. The Bertz CT molecular complexity index is 661. The van der Waals surface area contributed by atoms with Gasteiger partial charge in [0.15, 0.2) is 0 Å². The van der Waals surface area contributed by atoms with Crippen molar-refractivity contribution in [2.75, 3.05) is 33.7 Å². The third-order valence-corrected chi connectivity index (χ3v) is 5.59. The zero-order valence-electron chi connectivity index (χ0n) is 14.9. The number of nitrogens with zero attached hydrogens (tertiary/aromatic N) is 3. The van der Waals surface area contributed by atoms with E-state index < -0.39 is 0 Å². The van der Waals surface area contributed by atoms with Crippen LogP contribution in [0.2, 0.25) is 0 Å². The molecular formula is C19H26N4OS. The van der Waals surface area contributed by atoms with Crippen molar-refractivity contribution in [3.05, 3.63) is 52.5 Å². The highest BCUT2D eigenvalue weighted by molar-refractivity contribution is 7.09. The number of amides is 1. The standard InChI is InChI=1S/C19H26N4OS/c1-22-11-6-9-16(13-22)23(2)14-17(24)21-18(19-20-10-12-25-19)15-7-4-3-5-8-15/h3-5,7-8,10,12,16,18H,6,9,11,13-14H2,1-2H3,(H,21,24)/t16-,18-/m1/s1. The normalized spacial score (nSPS) is 19.7. The predicted molar refractivity (Wildman–Crippen MR) is 102 cm³/mol. The topological polar surface area (TPSA) is 48.5 Å². The summed E-state index contributed by atoms with van der Waals surface area (Å²) in [6, 6.07) is 10.3. The van der Waals surface area contributed by atoms with Crippen LogP contribution in [0.1, 0.15) is 29.5 Å². The van der Waals surface area contributed by atoms with E-state index in [0.717, 1.165) is 30.1 Å². The summed E-state index contributed by atoms with van der Waals surface area (Å²) in [6.07, 6.45) is 4.13. The molecule has 1 N–H and O–H groups in total. The predicted octanol–water partition coefficient (Wildman–Crippen LogP) is 2.37. The van der Waals surface area contributed by atoms with Gasteiger partial charge in [0, 0.05) is 24.2 Å². The number of aromatic nitrogens is 1. The second-order valence-corrected chi connectivity index (χ2v) is 7.68. The van der Waals surface area contributed by atoms with E-state index in [9.17, 15) is 4.79 Å². The molecule has 1 aromatic carbocycles. The van der Waals surface area contributed by atoms with Gasteiger partial charge < -0.3 is 10.2 Å². The third-order valence-electron chi connectivity index (χ3n) is 4.75. The molecule has 2 atom stereocenters. The Balaban J connectivity index is 1.64. The number of hydrogen-bond donors (Lipinski definition) is 1. The van der Waals surface area contributed by atoms with Gasteiger partial charge in [-0.05, 0) is 39.0 Å². The highest BCUT2D eigenvalue weighted by Crippen LogP contribution is 2.23. The molecule has 0 bridgehead atoms. The van der Waals surface area contributed by atoms with Gasteiger partial charge in [-0.2, -0.15) is 0 Å². The summed E-state index contributed by atoms with van der Waals surface area (Å²) in [4.78, 5) is 21.6. The van der Waals surface area contributed by atoms with Crippen molar-refractivity contribution in [2.45, 2.75) is 24.9 Å². The molecule has 0 spiro atoms. The maximum Gasteiger partial charge on any atom is 0.235 e. The summed E-state index contributed by atoms with van der Waals surface area (Å²) in [6.45, 7) is 2.59. The zero-order chi connectivity index (χ0) is 17.6. The average Bonchev–Trinajstić information content (AvgIpc) is 3.15. The van der Waals surface area contributed by atoms with Gasteiger partial charge in [-0.1, -0.05) is 30.3 Å². The van der Waals surface area contributed by atoms with Crippen LogP contribution in [0.3, 0.4) is 0 Å². The van der Waals surface area contributed by atoms with Gasteiger partial charge >= 0.3 is 0 Å². The van der Waals surface area contributed by atoms with Gasteiger partial charge in [0.1, 0.15) is 11.0 Å². The molecule has 2 aromatic rings. The van der Waals surface area contributed by atoms with Crippen molar-refractivity contribution in [3.8, 4) is 0 Å². The maximum absolute atomic E-state index is 12.7. The zero-order valence-corrected chi connectivity index (χ0v) is 15.7. The number of hydrogen-bond acceptors (Lipinski definition) is 5. The first kappa shape index (κ1) is 18.0. The second-order valence-electron chi connectivity index (χ2n) is 6.75. The molecule has 1 fully saturated rings. The maximum atomic E-state index is 12.7. The summed E-state index contributed by atoms with van der Waals surface area (Å²) in [7, 11) is 4.19. The number of rotatable bonds is 6. The van der Waals surface area contributed by atoms with E-state index in [1.54, 1.807) is 17.5 Å². The van der Waals surface area contributed by atoms with Gasteiger partial charge in [-0.25, -0.2) is 4.98 Å². The van der Waals surface area contributed by atoms with Crippen LogP contribution in [-0.4, -0.2) is 60.5 Å². The molecule has 0 radical (unpaired) electrons. The molecule has 3 rings (SSSR count). The van der Waals surface area contributed by atoms with E-state index in [4.69, 9.17) is 0 Å². The minimum Gasteiger partial charge on any atom is -0.342 e. The lowest BCUT2D eigenvalue weighted by Gasteiger charge is -2.35. The van der Waals surface area contributed by atoms with E-state index in [0.29, 0.717) is 12.6 Å². The first-order valence-electron chi connectivity index (χ1n) is 8.76. The summed E-state index contributed by atoms with van der Waals surface area (Å²) >= 11 is 1.57. The number of nitrogens with one attached hydrogen (secondary N) is 1. The Morgan fingerprint density at radius 3 is 2.92 bits per heavy atom. The highest BCUT2D eigenvalue weighted by Gasteiger charge is 2.24. The van der Waals surface area contributed by atoms with Crippen molar-refractivity contribution in [3.63, 3.8) is 0 Å². The number of carbonyl (C=O) groups is 1. The lowest BCUT2D eigenvalue weighted by atomic mass is 10.0. The van der Waals surface area contributed by atoms with Crippen molar-refractivity contribution in [1.82, 2.24) is 20.1 Å². The minimum absolute atomic E-state index is 0.0415. The number of carbonyl (C=O) groups excluding carboxylic acids is 1. The van der Waals surface area contributed by atoms with E-state index in [-0.39, 0.29) is 11.9 Å². The second kappa shape index (κ2) is 8.56. The number of likely N-dealkylation sites (N-methyl/N-ethyl adjacent to an activating group) is 2. The van der Waals surface area contributed by atoms with Crippen LogP contribution in [-0.2, 0) is 4.79 Å². The average molecular weight is 359 g/mol. The molecule has 5 nitrogen and oxygen atoms in total. The highest BCUT2D eigenvalue weighted by atomic mass is 32.1. The molecule has 1 aromatic heterocycles. The van der Waals surface area contributed by atoms with Crippen LogP contribution in [0.5, 0.6) is 0 Å². The molecule has 0 saturated carbocycles. The molecule has 6 heteroatoms. The van der Waals surface area contributed by atoms with E-state index in [2.05, 4.69) is 27.1 Å². The summed E-state index contributed by atoms with van der Waals surface area (Å²) in [5, 5.41) is 6.03. The van der Waals surface area contributed by atoms with E-state index in [1.807, 2.05) is 42.8 Å². The molecule has 134 valence electrons. The van der Waals surface area contributed by atoms with Crippen molar-refractivity contribution >= 4 is 17.2 Å². The lowest BCUT2D eigenvalue weighted by molar-refractivity contribution is -0.123. The first-order chi connectivity index (χ1) is 12.1. The van der Waals surface area contributed by atoms with Crippen LogP contribution in [0.15, 0.2) is 41.9 Å². The van der Waals surface area contributed by atoms with Gasteiger partial charge in [0.2, 0.25) is 5.91 Å². The van der Waals surface area contributed by atoms with Crippen molar-refractivity contribution in [2.24, 2.45) is 0 Å². The van der Waals surface area contributed by atoms with Crippen LogP contribution >= 0.6 is 11.3 Å². The molecule has 0 unspecified atom stereocenters. The van der Waals surface area contributed by atoms with Crippen LogP contribution < -0.4 is 5.32 Å². The molecule has 1 amide bonds. The van der Waals surface area contributed by atoms with Crippen LogP contribution in [0, 0.1) is 0 Å². The molecule has 1 aliphatic heterocycles. The van der Waals surface area contributed by atoms with Gasteiger partial charge in [0.25, 0.3) is 0 Å². The largest absolute Gasteiger partial charge is 0.342 e. The molecule has 1 saturated heterocycles. The molecular weight excluding hydrogens is 332 g/mol. The summed E-state index contributed by atoms with van der Waals surface area (Å²) in [5.74, 6) is 0.0415. The fourth-order valence-electron chi connectivity index (χ4n) is 3.37. The Hall–Kier alpha value is -1.76. The molecule has 0 aliphatic carbocycles. The lowest BCUT2D eigenvalue weighted by Crippen LogP contribution is -2.48. The Kier molecular flexibility index (Phi) is 6.18. The summed E-state index contributed by atoms with van der Waals surface area (Å²) < 4.78 is 0. The first-order valence-corrected chi connectivity index (χ1v) is 9.64. The quantitative estimate of drug-likeness (QED) is 0.861. The van der Waals surface area contributed by atoms with Crippen molar-refractivity contribution < 1.29 is 4.79 Å². The fraction of sp³-hybridized carbons (Fsp3) is 0.474. The Morgan fingerprint density at radius 1 is 1.44 bits per heavy atom. The molecule has 25 heavy (non-hydrogen) atoms. The van der Waals surface area contributed by atoms with E-state index >= 15 is 0 Å². The monoisotopic (exact) mass is 358 g/mol. The fourth-order valence-corrected chi connectivity index (χ4v) is 4.09. The van der Waals surface area contributed by atoms with Crippen molar-refractivity contribution in [1.29, 1.82) is 0 Å². The van der Waals surface area contributed by atoms with E-state index in [1.165, 1.54) is 6.42 Å². The molecule has 1 aliphatic rings. The minimum atomic E-state index is -0.184. The van der Waals surface area contributed by atoms with Gasteiger partial charge in [-0.15, -0.1) is 11.3 Å². The smallest absolute Gasteiger partial charge is 0.235 e. The Morgan fingerprint density at radius 2 is 2.24 bits per heavy atom. The summed E-state index contributed by atoms with van der Waals surface area (Å²) in [5.41, 5.74) is 1.06. The SMILES string of the molecule is CN1CCC[C@@H](N(C)CC(=O)N[C@H](c2ccccc2)c2nccs2)C1. The number of thiazole rings is 1. The number of piperidine rings is 1. The van der Waals surface area contributed by atoms with Gasteiger partial charge in [0.05, 0.1) is 6.54 Å². The molecule has 2 heterocycles. The number of benzene rings is 1. The van der Waals surface area contributed by atoms with Crippen LogP contribution in [0.25, 0.3) is 0 Å². The number of likely N-dealkylation sites (tertiary alicyclic amines) is 1. The Labute approximate surface area is 153 Å². The van der Waals surface area contributed by atoms with Gasteiger partial charge in [-0.3, -0.25) is 9.69 Å².